The fraction of sp³-hybridized carbons (Fsp3) is 0.130. The van der Waals surface area contributed by atoms with Crippen LogP contribution in [0.25, 0.3) is 0 Å². The number of hydrogen-bond donors (Lipinski definition) is 2. The number of hydrogen-bond acceptors (Lipinski definition) is 3. The Morgan fingerprint density at radius 1 is 1.00 bits per heavy atom. The van der Waals surface area contributed by atoms with Gasteiger partial charge in [0.25, 0.3) is 5.91 Å². The lowest BCUT2D eigenvalue weighted by Gasteiger charge is -2.11. The van der Waals surface area contributed by atoms with E-state index in [9.17, 15) is 18.4 Å². The molecule has 1 aliphatic rings. The largest absolute Gasteiger partial charge is 0.326 e. The Bertz CT molecular complexity index is 1400. The maximum Gasteiger partial charge on any atom is 0.258 e. The Balaban J connectivity index is 1.53. The van der Waals surface area contributed by atoms with Crippen molar-refractivity contribution in [3.8, 4) is 0 Å². The van der Waals surface area contributed by atoms with Crippen molar-refractivity contribution in [1.29, 1.82) is 0 Å². The smallest absolute Gasteiger partial charge is 0.258 e. The van der Waals surface area contributed by atoms with Crippen molar-refractivity contribution in [2.75, 3.05) is 10.6 Å². The number of benzene rings is 2. The molecule has 2 aromatic carbocycles. The van der Waals surface area contributed by atoms with Crippen molar-refractivity contribution in [3.05, 3.63) is 84.0 Å². The molecule has 0 radical (unpaired) electrons. The summed E-state index contributed by atoms with van der Waals surface area (Å²) in [5.41, 5.74) is 0.696. The number of amides is 2. The van der Waals surface area contributed by atoms with Crippen molar-refractivity contribution in [2.24, 2.45) is 5.92 Å². The molecule has 188 valence electrons. The van der Waals surface area contributed by atoms with E-state index in [2.05, 4.69) is 20.1 Å². The zero-order valence-corrected chi connectivity index (χ0v) is 23.6. The molecule has 4 rings (SSSR count). The molecule has 0 saturated heterocycles. The quantitative estimate of drug-likeness (QED) is 0.157. The van der Waals surface area contributed by atoms with Gasteiger partial charge >= 0.3 is 0 Å². The van der Waals surface area contributed by atoms with Crippen LogP contribution in [-0.4, -0.2) is 25.6 Å². The van der Waals surface area contributed by atoms with Gasteiger partial charge in [0.2, 0.25) is 5.91 Å². The summed E-state index contributed by atoms with van der Waals surface area (Å²) < 4.78 is 30.1. The third-order valence-corrected chi connectivity index (χ3v) is 8.83. The molecule has 5 nitrogen and oxygen atoms in total. The first-order valence-corrected chi connectivity index (χ1v) is 14.4. The van der Waals surface area contributed by atoms with Gasteiger partial charge in [0.1, 0.15) is 16.0 Å². The molecule has 2 amide bonds. The molecule has 1 heterocycles. The van der Waals surface area contributed by atoms with E-state index in [1.54, 1.807) is 0 Å². The fourth-order valence-corrected chi connectivity index (χ4v) is 6.29. The van der Waals surface area contributed by atoms with Gasteiger partial charge in [-0.2, -0.15) is 0 Å². The Morgan fingerprint density at radius 3 is 2.31 bits per heavy atom. The molecule has 0 aliphatic heterocycles. The van der Waals surface area contributed by atoms with Crippen LogP contribution in [0.2, 0.25) is 15.1 Å². The van der Waals surface area contributed by atoms with E-state index >= 15 is 0 Å². The summed E-state index contributed by atoms with van der Waals surface area (Å²) >= 11 is 29.8. The highest BCUT2D eigenvalue weighted by atomic mass is 127. The summed E-state index contributed by atoms with van der Waals surface area (Å²) in [6.07, 6.45) is 0.981. The van der Waals surface area contributed by atoms with E-state index in [1.807, 2.05) is 0 Å². The predicted octanol–water partition coefficient (Wildman–Crippen LogP) is 7.67. The Kier molecular flexibility index (Phi) is 8.14. The van der Waals surface area contributed by atoms with Crippen molar-refractivity contribution in [2.45, 2.75) is 10.3 Å². The van der Waals surface area contributed by atoms with Crippen molar-refractivity contribution >= 4 is 107 Å². The lowest BCUT2D eigenvalue weighted by atomic mass is 10.1. The van der Waals surface area contributed by atoms with E-state index in [0.29, 0.717) is 9.13 Å². The standard InChI is InChI=1S/C23H13Cl5F2IN3O2/c1-31-16-6-10(29)8-32-20(16)34-21(35)12-7-11(2-3-13(12)24)33-22(36)18-17(23(18,27)28)9-4-14(25)19(30)15(26)5-9/h2-8,17-18H,1H2,(H,33,36)(H,32,34,35). The minimum Gasteiger partial charge on any atom is -0.326 e. The molecule has 36 heavy (non-hydrogen) atoms. The first kappa shape index (κ1) is 27.5. The number of anilines is 2. The maximum atomic E-state index is 13.8. The molecule has 2 N–H and O–H groups in total. The van der Waals surface area contributed by atoms with Gasteiger partial charge in [-0.15, -0.1) is 23.2 Å². The van der Waals surface area contributed by atoms with E-state index in [4.69, 9.17) is 58.0 Å². The highest BCUT2D eigenvalue weighted by molar-refractivity contribution is 14.2. The SMILES string of the molecule is C=Ic1cc(F)cnc1NC(=O)c1cc(NC(=O)C2C(c3cc(Cl)c(F)c(Cl)c3)C2(Cl)Cl)ccc1Cl. The van der Waals surface area contributed by atoms with Gasteiger partial charge in [-0.3, -0.25) is 9.59 Å². The summed E-state index contributed by atoms with van der Waals surface area (Å²) in [7, 11) is 0. The summed E-state index contributed by atoms with van der Waals surface area (Å²) in [6.45, 7) is 0. The van der Waals surface area contributed by atoms with Crippen molar-refractivity contribution < 1.29 is 18.4 Å². The second-order valence-electron chi connectivity index (χ2n) is 7.68. The van der Waals surface area contributed by atoms with Gasteiger partial charge in [-0.05, 0) is 42.0 Å². The summed E-state index contributed by atoms with van der Waals surface area (Å²) in [5, 5.41) is 4.92. The monoisotopic (exact) mass is 703 g/mol. The Labute approximate surface area is 239 Å². The summed E-state index contributed by atoms with van der Waals surface area (Å²) in [4.78, 5) is 29.8. The van der Waals surface area contributed by atoms with Gasteiger partial charge in [0.05, 0.1) is 36.3 Å². The normalized spacial score (nSPS) is 18.0. The minimum atomic E-state index is -1.48. The lowest BCUT2D eigenvalue weighted by molar-refractivity contribution is -0.117. The molecular weight excluding hydrogens is 692 g/mol. The molecule has 1 fully saturated rings. The van der Waals surface area contributed by atoms with Crippen LogP contribution in [0.15, 0.2) is 42.6 Å². The van der Waals surface area contributed by atoms with Crippen LogP contribution in [0, 0.1) is 21.1 Å². The Morgan fingerprint density at radius 2 is 1.67 bits per heavy atom. The van der Waals surface area contributed by atoms with Gasteiger partial charge in [-0.25, -0.2) is 13.8 Å². The van der Waals surface area contributed by atoms with Crippen LogP contribution in [0.4, 0.5) is 20.3 Å². The van der Waals surface area contributed by atoms with Crippen LogP contribution in [0.1, 0.15) is 21.8 Å². The van der Waals surface area contributed by atoms with Gasteiger partial charge in [-0.1, -0.05) is 60.0 Å². The molecule has 0 bridgehead atoms. The number of pyridine rings is 1. The van der Waals surface area contributed by atoms with Crippen LogP contribution in [0.5, 0.6) is 0 Å². The zero-order chi connectivity index (χ0) is 26.4. The average molecular weight is 706 g/mol. The maximum absolute atomic E-state index is 13.8. The molecular formula is C23H13Cl5F2IN3O2. The number of rotatable bonds is 6. The van der Waals surface area contributed by atoms with E-state index in [-0.39, 0.29) is 32.1 Å². The molecule has 2 unspecified atom stereocenters. The van der Waals surface area contributed by atoms with Crippen LogP contribution >= 0.6 is 78.7 Å². The number of carbonyl (C=O) groups excluding carboxylic acids is 2. The second kappa shape index (κ2) is 10.7. The van der Waals surface area contributed by atoms with Crippen molar-refractivity contribution in [3.63, 3.8) is 0 Å². The minimum absolute atomic E-state index is 0.0428. The molecule has 1 aromatic heterocycles. The summed E-state index contributed by atoms with van der Waals surface area (Å²) in [6, 6.07) is 8.18. The van der Waals surface area contributed by atoms with Crippen molar-refractivity contribution in [1.82, 2.24) is 4.98 Å². The molecule has 3 aromatic rings. The third kappa shape index (κ3) is 5.49. The second-order valence-corrected chi connectivity index (χ2v) is 12.3. The molecule has 1 saturated carbocycles. The van der Waals surface area contributed by atoms with Gasteiger partial charge < -0.3 is 10.6 Å². The molecule has 13 heteroatoms. The number of aromatic nitrogens is 1. The number of alkyl halides is 2. The molecule has 2 atom stereocenters. The first-order chi connectivity index (χ1) is 16.9. The lowest BCUT2D eigenvalue weighted by Crippen LogP contribution is -2.18. The first-order valence-electron chi connectivity index (χ1n) is 9.92. The summed E-state index contributed by atoms with van der Waals surface area (Å²) in [5.74, 6) is -3.89. The molecule has 0 spiro atoms. The number of nitrogens with one attached hydrogen (secondary N) is 2. The zero-order valence-electron chi connectivity index (χ0n) is 17.7. The van der Waals surface area contributed by atoms with Crippen LogP contribution in [0.3, 0.4) is 0 Å². The van der Waals surface area contributed by atoms with Crippen LogP contribution in [-0.2, 0) is 4.79 Å². The number of nitrogens with zero attached hydrogens (tertiary/aromatic N) is 1. The Hall–Kier alpha value is -1.56. The van der Waals surface area contributed by atoms with E-state index in [0.717, 1.165) is 6.20 Å². The number of halogens is 8. The van der Waals surface area contributed by atoms with Gasteiger partial charge in [0, 0.05) is 11.6 Å². The highest BCUT2D eigenvalue weighted by Gasteiger charge is 2.67. The third-order valence-electron chi connectivity index (χ3n) is 5.36. The van der Waals surface area contributed by atoms with Crippen LogP contribution < -0.4 is 10.6 Å². The van der Waals surface area contributed by atoms with Gasteiger partial charge in [0.15, 0.2) is 5.82 Å². The topological polar surface area (TPSA) is 71.1 Å². The number of carbonyl (C=O) groups is 2. The fourth-order valence-electron chi connectivity index (χ4n) is 3.60. The highest BCUT2D eigenvalue weighted by Crippen LogP contribution is 2.65. The predicted molar refractivity (Wildman–Crippen MR) is 149 cm³/mol. The average Bonchev–Trinajstić information content (AvgIpc) is 3.41. The molecule has 1 aliphatic carbocycles. The van der Waals surface area contributed by atoms with E-state index in [1.165, 1.54) is 36.4 Å². The van der Waals surface area contributed by atoms with E-state index < -0.39 is 60.3 Å².